The summed E-state index contributed by atoms with van der Waals surface area (Å²) in [6.07, 6.45) is 0. The van der Waals surface area contributed by atoms with Crippen LogP contribution in [0.5, 0.6) is 0 Å². The van der Waals surface area contributed by atoms with Crippen molar-refractivity contribution in [1.29, 1.82) is 0 Å². The van der Waals surface area contributed by atoms with Crippen LogP contribution in [0.2, 0.25) is 10.0 Å². The van der Waals surface area contributed by atoms with Gasteiger partial charge >= 0.3 is 0 Å². The van der Waals surface area contributed by atoms with Gasteiger partial charge in [0.15, 0.2) is 0 Å². The average molecular weight is 374 g/mol. The molecule has 3 rings (SSSR count). The van der Waals surface area contributed by atoms with Crippen LogP contribution in [0.25, 0.3) is 11.3 Å². The normalized spacial score (nSPS) is 10.5. The summed E-state index contributed by atoms with van der Waals surface area (Å²) in [5.41, 5.74) is 2.23. The molecule has 1 N–H and O–H groups in total. The molecule has 3 aromatic rings. The van der Waals surface area contributed by atoms with E-state index in [2.05, 4.69) is 10.4 Å². The number of carbonyl (C=O) groups is 1. The number of halogens is 2. The minimum Gasteiger partial charge on any atom is -0.322 e. The second-order valence-electron chi connectivity index (χ2n) is 5.34. The smallest absolute Gasteiger partial charge is 0.266 e. The van der Waals surface area contributed by atoms with Crippen molar-refractivity contribution in [3.05, 3.63) is 80.6 Å². The summed E-state index contributed by atoms with van der Waals surface area (Å²) < 4.78 is 1.27. The third-order valence-electron chi connectivity index (χ3n) is 3.57. The zero-order valence-electron chi connectivity index (χ0n) is 13.2. The van der Waals surface area contributed by atoms with E-state index in [0.717, 1.165) is 5.56 Å². The van der Waals surface area contributed by atoms with Crippen molar-refractivity contribution in [2.75, 3.05) is 5.32 Å². The van der Waals surface area contributed by atoms with E-state index in [0.29, 0.717) is 27.0 Å². The summed E-state index contributed by atoms with van der Waals surface area (Å²) in [7, 11) is 1.59. The second kappa shape index (κ2) is 7.09. The lowest BCUT2D eigenvalue weighted by Gasteiger charge is -2.08. The highest BCUT2D eigenvalue weighted by Gasteiger charge is 2.11. The maximum absolute atomic E-state index is 12.3. The van der Waals surface area contributed by atoms with Crippen molar-refractivity contribution in [3.8, 4) is 11.3 Å². The molecule has 0 saturated heterocycles. The number of hydrogen-bond donors (Lipinski definition) is 1. The first kappa shape index (κ1) is 17.2. The second-order valence-corrected chi connectivity index (χ2v) is 6.18. The van der Waals surface area contributed by atoms with Gasteiger partial charge in [0.2, 0.25) is 0 Å². The Morgan fingerprint density at radius 2 is 1.76 bits per heavy atom. The summed E-state index contributed by atoms with van der Waals surface area (Å²) in [5.74, 6) is -0.347. The van der Waals surface area contributed by atoms with Gasteiger partial charge in [0, 0.05) is 29.4 Å². The Bertz CT molecular complexity index is 998. The molecule has 0 atom stereocenters. The molecule has 2 aromatic carbocycles. The first-order chi connectivity index (χ1) is 11.9. The zero-order valence-corrected chi connectivity index (χ0v) is 14.7. The van der Waals surface area contributed by atoms with E-state index < -0.39 is 0 Å². The maximum Gasteiger partial charge on any atom is 0.266 e. The molecule has 0 aliphatic carbocycles. The quantitative estimate of drug-likeness (QED) is 0.754. The number of anilines is 1. The van der Waals surface area contributed by atoms with Crippen LogP contribution in [-0.4, -0.2) is 15.7 Å². The Morgan fingerprint density at radius 1 is 1.04 bits per heavy atom. The van der Waals surface area contributed by atoms with Gasteiger partial charge in [-0.15, -0.1) is 0 Å². The molecule has 1 aromatic heterocycles. The first-order valence-corrected chi connectivity index (χ1v) is 8.11. The van der Waals surface area contributed by atoms with Crippen molar-refractivity contribution in [1.82, 2.24) is 9.78 Å². The van der Waals surface area contributed by atoms with Gasteiger partial charge in [-0.3, -0.25) is 9.59 Å². The molecule has 1 amide bonds. The Morgan fingerprint density at radius 3 is 2.44 bits per heavy atom. The lowest BCUT2D eigenvalue weighted by atomic mass is 10.1. The van der Waals surface area contributed by atoms with Crippen LogP contribution in [0.1, 0.15) is 10.4 Å². The number of carbonyl (C=O) groups excluding carboxylic acids is 1. The number of aromatic nitrogens is 2. The summed E-state index contributed by atoms with van der Waals surface area (Å²) in [5, 5.41) is 7.72. The van der Waals surface area contributed by atoms with Crippen molar-refractivity contribution >= 4 is 34.8 Å². The Balaban J connectivity index is 1.80. The molecule has 25 heavy (non-hydrogen) atoms. The molecule has 0 unspecified atom stereocenters. The highest BCUT2D eigenvalue weighted by Crippen LogP contribution is 2.23. The predicted octanol–water partition coefficient (Wildman–Crippen LogP) is 4.01. The van der Waals surface area contributed by atoms with Crippen molar-refractivity contribution < 1.29 is 4.79 Å². The third kappa shape index (κ3) is 3.90. The van der Waals surface area contributed by atoms with Gasteiger partial charge in [-0.2, -0.15) is 5.10 Å². The van der Waals surface area contributed by atoms with Gasteiger partial charge in [-0.05, 0) is 36.4 Å². The molecule has 0 bridgehead atoms. The van der Waals surface area contributed by atoms with Crippen LogP contribution in [0, 0.1) is 0 Å². The van der Waals surface area contributed by atoms with E-state index in [1.807, 2.05) is 12.1 Å². The van der Waals surface area contributed by atoms with E-state index in [9.17, 15) is 9.59 Å². The third-order valence-corrected chi connectivity index (χ3v) is 4.14. The molecule has 5 nitrogen and oxygen atoms in total. The van der Waals surface area contributed by atoms with Crippen LogP contribution >= 0.6 is 23.2 Å². The molecule has 0 spiro atoms. The number of nitrogens with one attached hydrogen (secondary N) is 1. The molecule has 1 heterocycles. The number of benzene rings is 2. The van der Waals surface area contributed by atoms with Gasteiger partial charge in [0.25, 0.3) is 11.5 Å². The van der Waals surface area contributed by atoms with Gasteiger partial charge in [-0.1, -0.05) is 35.3 Å². The average Bonchev–Trinajstić information content (AvgIpc) is 2.60. The summed E-state index contributed by atoms with van der Waals surface area (Å²) >= 11 is 11.9. The SMILES string of the molecule is Cn1nc(-c2ccc(NC(=O)c3cc(Cl)ccc3Cl)cc2)ccc1=O. The van der Waals surface area contributed by atoms with Crippen LogP contribution < -0.4 is 10.9 Å². The van der Waals surface area contributed by atoms with E-state index >= 15 is 0 Å². The molecule has 0 fully saturated rings. The van der Waals surface area contributed by atoms with Crippen LogP contribution in [0.15, 0.2) is 59.4 Å². The van der Waals surface area contributed by atoms with Gasteiger partial charge < -0.3 is 5.32 Å². The molecule has 0 aliphatic heterocycles. The van der Waals surface area contributed by atoms with E-state index in [-0.39, 0.29) is 11.5 Å². The zero-order chi connectivity index (χ0) is 18.0. The van der Waals surface area contributed by atoms with E-state index in [4.69, 9.17) is 23.2 Å². The Kier molecular flexibility index (Phi) is 4.88. The molecule has 0 saturated carbocycles. The fourth-order valence-corrected chi connectivity index (χ4v) is 2.63. The number of rotatable bonds is 3. The minimum absolute atomic E-state index is 0.175. The monoisotopic (exact) mass is 373 g/mol. The summed E-state index contributed by atoms with van der Waals surface area (Å²) in [4.78, 5) is 23.7. The molecule has 0 radical (unpaired) electrons. The van der Waals surface area contributed by atoms with E-state index in [1.165, 1.54) is 16.8 Å². The number of amides is 1. The minimum atomic E-state index is -0.347. The van der Waals surface area contributed by atoms with Gasteiger partial charge in [0.05, 0.1) is 16.3 Å². The molecule has 7 heteroatoms. The molecular formula is C18H13Cl2N3O2. The van der Waals surface area contributed by atoms with Crippen molar-refractivity contribution in [3.63, 3.8) is 0 Å². The van der Waals surface area contributed by atoms with E-state index in [1.54, 1.807) is 37.4 Å². The summed E-state index contributed by atoms with van der Waals surface area (Å²) in [6, 6.07) is 14.9. The van der Waals surface area contributed by atoms with Crippen LogP contribution in [0.3, 0.4) is 0 Å². The van der Waals surface area contributed by atoms with Gasteiger partial charge in [0.1, 0.15) is 0 Å². The van der Waals surface area contributed by atoms with Gasteiger partial charge in [-0.25, -0.2) is 4.68 Å². The molecule has 0 aliphatic rings. The molecular weight excluding hydrogens is 361 g/mol. The lowest BCUT2D eigenvalue weighted by molar-refractivity contribution is 0.102. The fourth-order valence-electron chi connectivity index (χ4n) is 2.25. The maximum atomic E-state index is 12.3. The molecule has 126 valence electrons. The lowest BCUT2D eigenvalue weighted by Crippen LogP contribution is -2.18. The Hall–Kier alpha value is -2.63. The number of aryl methyl sites for hydroxylation is 1. The van der Waals surface area contributed by atoms with Crippen molar-refractivity contribution in [2.24, 2.45) is 7.05 Å². The number of nitrogens with zero attached hydrogens (tertiary/aromatic N) is 2. The Labute approximate surface area is 153 Å². The van der Waals surface area contributed by atoms with Crippen LogP contribution in [0.4, 0.5) is 5.69 Å². The standard InChI is InChI=1S/C18H13Cl2N3O2/c1-23-17(24)9-8-16(22-23)11-2-5-13(6-3-11)21-18(25)14-10-12(19)4-7-15(14)20/h2-10H,1H3,(H,21,25). The first-order valence-electron chi connectivity index (χ1n) is 7.35. The topological polar surface area (TPSA) is 64.0 Å². The highest BCUT2D eigenvalue weighted by molar-refractivity contribution is 6.36. The van der Waals surface area contributed by atoms with Crippen molar-refractivity contribution in [2.45, 2.75) is 0 Å². The van der Waals surface area contributed by atoms with Crippen LogP contribution in [-0.2, 0) is 7.05 Å². The predicted molar refractivity (Wildman–Crippen MR) is 99.3 cm³/mol. The highest BCUT2D eigenvalue weighted by atomic mass is 35.5. The largest absolute Gasteiger partial charge is 0.322 e. The number of hydrogen-bond acceptors (Lipinski definition) is 3. The summed E-state index contributed by atoms with van der Waals surface area (Å²) in [6.45, 7) is 0. The fraction of sp³-hybridized carbons (Fsp3) is 0.0556.